The van der Waals surface area contributed by atoms with Gasteiger partial charge in [-0.25, -0.2) is 4.79 Å². The molecule has 106 valence electrons. The number of anilines is 1. The van der Waals surface area contributed by atoms with Crippen molar-refractivity contribution in [3.05, 3.63) is 60.9 Å². The lowest BCUT2D eigenvalue weighted by molar-refractivity contribution is 0.168. The zero-order valence-corrected chi connectivity index (χ0v) is 11.7. The first-order valence-electron chi connectivity index (χ1n) is 6.88. The highest BCUT2D eigenvalue weighted by Crippen LogP contribution is 2.29. The Kier molecular flexibility index (Phi) is 3.60. The molecule has 0 aliphatic carbocycles. The van der Waals surface area contributed by atoms with E-state index in [0.717, 1.165) is 22.1 Å². The molecule has 1 aromatic heterocycles. The summed E-state index contributed by atoms with van der Waals surface area (Å²) in [5.74, 6) is 0. The smallest absolute Gasteiger partial charge is 0.411 e. The quantitative estimate of drug-likeness (QED) is 0.781. The summed E-state index contributed by atoms with van der Waals surface area (Å²) >= 11 is 0. The number of ether oxygens (including phenoxy) is 1. The van der Waals surface area contributed by atoms with Gasteiger partial charge >= 0.3 is 6.09 Å². The zero-order chi connectivity index (χ0) is 14.7. The topological polar surface area (TPSA) is 43.3 Å². The fourth-order valence-corrected chi connectivity index (χ4v) is 2.41. The Morgan fingerprint density at radius 2 is 1.81 bits per heavy atom. The second kappa shape index (κ2) is 5.71. The number of nitrogens with one attached hydrogen (secondary N) is 1. The summed E-state index contributed by atoms with van der Waals surface area (Å²) in [6.45, 7) is 2.13. The molecule has 0 fully saturated rings. The molecular formula is C17H16N2O2. The summed E-state index contributed by atoms with van der Waals surface area (Å²) < 4.78 is 6.99. The number of carbonyl (C=O) groups excluding carboxylic acids is 1. The first kappa shape index (κ1) is 13.2. The van der Waals surface area contributed by atoms with Crippen LogP contribution >= 0.6 is 0 Å². The molecule has 4 heteroatoms. The first-order valence-corrected chi connectivity index (χ1v) is 6.88. The van der Waals surface area contributed by atoms with Gasteiger partial charge in [-0.05, 0) is 36.6 Å². The van der Waals surface area contributed by atoms with Gasteiger partial charge in [-0.2, -0.15) is 0 Å². The minimum absolute atomic E-state index is 0.348. The molecule has 2 aromatic carbocycles. The largest absolute Gasteiger partial charge is 0.450 e. The van der Waals surface area contributed by atoms with E-state index in [1.54, 1.807) is 6.92 Å². The predicted octanol–water partition coefficient (Wildman–Crippen LogP) is 4.20. The predicted molar refractivity (Wildman–Crippen MR) is 83.9 cm³/mol. The molecule has 0 aliphatic heterocycles. The summed E-state index contributed by atoms with van der Waals surface area (Å²) in [5, 5.41) is 4.87. The number of rotatable bonds is 3. The van der Waals surface area contributed by atoms with Crippen molar-refractivity contribution in [2.75, 3.05) is 11.9 Å². The van der Waals surface area contributed by atoms with E-state index in [4.69, 9.17) is 4.74 Å². The molecule has 0 bridgehead atoms. The standard InChI is InChI=1S/C17H16N2O2/c1-2-21-17(20)18-14-9-5-7-13-8-6-10-15(16(13)14)19-11-3-4-12-19/h3-12H,2H2,1H3,(H,18,20). The summed E-state index contributed by atoms with van der Waals surface area (Å²) in [5.41, 5.74) is 1.76. The van der Waals surface area contributed by atoms with Gasteiger partial charge in [-0.15, -0.1) is 0 Å². The summed E-state index contributed by atoms with van der Waals surface area (Å²) in [6.07, 6.45) is 3.53. The normalized spacial score (nSPS) is 10.5. The molecule has 0 atom stereocenters. The number of fused-ring (bicyclic) bond motifs is 1. The van der Waals surface area contributed by atoms with Crippen LogP contribution in [0.25, 0.3) is 16.5 Å². The Hall–Kier alpha value is -2.75. The average molecular weight is 280 g/mol. The van der Waals surface area contributed by atoms with E-state index in [2.05, 4.69) is 5.32 Å². The van der Waals surface area contributed by atoms with E-state index in [1.165, 1.54) is 0 Å². The van der Waals surface area contributed by atoms with Crippen LogP contribution in [0.3, 0.4) is 0 Å². The van der Waals surface area contributed by atoms with Crippen LogP contribution in [-0.4, -0.2) is 17.3 Å². The molecule has 3 aromatic rings. The number of benzene rings is 2. The van der Waals surface area contributed by atoms with E-state index in [1.807, 2.05) is 65.5 Å². The van der Waals surface area contributed by atoms with Crippen molar-refractivity contribution in [1.29, 1.82) is 0 Å². The van der Waals surface area contributed by atoms with Crippen molar-refractivity contribution >= 4 is 22.6 Å². The third kappa shape index (κ3) is 2.60. The molecular weight excluding hydrogens is 264 g/mol. The Morgan fingerprint density at radius 3 is 2.52 bits per heavy atom. The highest BCUT2D eigenvalue weighted by Gasteiger charge is 2.10. The molecule has 1 heterocycles. The fourth-order valence-electron chi connectivity index (χ4n) is 2.41. The van der Waals surface area contributed by atoms with E-state index >= 15 is 0 Å². The van der Waals surface area contributed by atoms with Crippen LogP contribution in [0.1, 0.15) is 6.92 Å². The molecule has 4 nitrogen and oxygen atoms in total. The van der Waals surface area contributed by atoms with Crippen LogP contribution in [0, 0.1) is 0 Å². The Balaban J connectivity index is 2.14. The molecule has 0 saturated carbocycles. The molecule has 0 saturated heterocycles. The molecule has 0 radical (unpaired) electrons. The number of carbonyl (C=O) groups is 1. The van der Waals surface area contributed by atoms with Crippen molar-refractivity contribution in [2.24, 2.45) is 0 Å². The molecule has 1 amide bonds. The molecule has 0 unspecified atom stereocenters. The van der Waals surface area contributed by atoms with Crippen LogP contribution in [-0.2, 0) is 4.74 Å². The van der Waals surface area contributed by atoms with Gasteiger partial charge in [-0.3, -0.25) is 5.32 Å². The summed E-state index contributed by atoms with van der Waals surface area (Å²) in [4.78, 5) is 11.7. The van der Waals surface area contributed by atoms with Crippen molar-refractivity contribution in [3.63, 3.8) is 0 Å². The van der Waals surface area contributed by atoms with Gasteiger partial charge in [0, 0.05) is 17.8 Å². The van der Waals surface area contributed by atoms with Crippen LogP contribution in [0.2, 0.25) is 0 Å². The molecule has 0 spiro atoms. The molecule has 0 aliphatic rings. The van der Waals surface area contributed by atoms with Gasteiger partial charge in [0.15, 0.2) is 0 Å². The number of amides is 1. The maximum absolute atomic E-state index is 11.7. The Labute approximate surface area is 123 Å². The minimum atomic E-state index is -0.438. The second-order valence-electron chi connectivity index (χ2n) is 4.62. The third-order valence-electron chi connectivity index (χ3n) is 3.28. The zero-order valence-electron chi connectivity index (χ0n) is 11.7. The van der Waals surface area contributed by atoms with Crippen molar-refractivity contribution in [1.82, 2.24) is 4.57 Å². The maximum Gasteiger partial charge on any atom is 0.411 e. The SMILES string of the molecule is CCOC(=O)Nc1cccc2cccc(-n3cccc3)c12. The van der Waals surface area contributed by atoms with Crippen LogP contribution < -0.4 is 5.32 Å². The van der Waals surface area contributed by atoms with Crippen molar-refractivity contribution < 1.29 is 9.53 Å². The fraction of sp³-hybridized carbons (Fsp3) is 0.118. The Morgan fingerprint density at radius 1 is 1.10 bits per heavy atom. The lowest BCUT2D eigenvalue weighted by atomic mass is 10.1. The van der Waals surface area contributed by atoms with Crippen LogP contribution in [0.15, 0.2) is 60.9 Å². The molecule has 21 heavy (non-hydrogen) atoms. The summed E-state index contributed by atoms with van der Waals surface area (Å²) in [6, 6.07) is 15.8. The van der Waals surface area contributed by atoms with E-state index in [9.17, 15) is 4.79 Å². The highest BCUT2D eigenvalue weighted by molar-refractivity contribution is 6.04. The van der Waals surface area contributed by atoms with E-state index in [0.29, 0.717) is 6.61 Å². The van der Waals surface area contributed by atoms with E-state index < -0.39 is 6.09 Å². The van der Waals surface area contributed by atoms with Gasteiger partial charge in [0.1, 0.15) is 0 Å². The van der Waals surface area contributed by atoms with Crippen molar-refractivity contribution in [2.45, 2.75) is 6.92 Å². The van der Waals surface area contributed by atoms with E-state index in [-0.39, 0.29) is 0 Å². The highest BCUT2D eigenvalue weighted by atomic mass is 16.5. The molecule has 1 N–H and O–H groups in total. The Bertz CT molecular complexity index is 758. The third-order valence-corrected chi connectivity index (χ3v) is 3.28. The maximum atomic E-state index is 11.7. The van der Waals surface area contributed by atoms with Gasteiger partial charge in [0.2, 0.25) is 0 Å². The second-order valence-corrected chi connectivity index (χ2v) is 4.62. The number of aromatic nitrogens is 1. The first-order chi connectivity index (χ1) is 10.3. The molecule has 3 rings (SSSR count). The minimum Gasteiger partial charge on any atom is -0.450 e. The van der Waals surface area contributed by atoms with Gasteiger partial charge in [0.25, 0.3) is 0 Å². The number of hydrogen-bond donors (Lipinski definition) is 1. The summed E-state index contributed by atoms with van der Waals surface area (Å²) in [7, 11) is 0. The van der Waals surface area contributed by atoms with Gasteiger partial charge in [0.05, 0.1) is 18.0 Å². The van der Waals surface area contributed by atoms with Crippen molar-refractivity contribution in [3.8, 4) is 5.69 Å². The van der Waals surface area contributed by atoms with Crippen LogP contribution in [0.5, 0.6) is 0 Å². The van der Waals surface area contributed by atoms with Gasteiger partial charge < -0.3 is 9.30 Å². The number of nitrogens with zero attached hydrogens (tertiary/aromatic N) is 1. The lowest BCUT2D eigenvalue weighted by Gasteiger charge is -2.13. The number of hydrogen-bond acceptors (Lipinski definition) is 2. The van der Waals surface area contributed by atoms with Crippen LogP contribution in [0.4, 0.5) is 10.5 Å². The van der Waals surface area contributed by atoms with Gasteiger partial charge in [-0.1, -0.05) is 24.3 Å². The average Bonchev–Trinajstić information content (AvgIpc) is 3.01. The lowest BCUT2D eigenvalue weighted by Crippen LogP contribution is -2.13. The monoisotopic (exact) mass is 280 g/mol.